The second-order valence-electron chi connectivity index (χ2n) is 4.66. The van der Waals surface area contributed by atoms with Crippen molar-refractivity contribution < 1.29 is 14.8 Å². The molecular formula is C12H15N3O4. The highest BCUT2D eigenvalue weighted by molar-refractivity contribution is 5.67. The van der Waals surface area contributed by atoms with Gasteiger partial charge in [0.05, 0.1) is 5.69 Å². The van der Waals surface area contributed by atoms with Gasteiger partial charge in [-0.2, -0.15) is 0 Å². The molecule has 0 bridgehead atoms. The topological polar surface area (TPSA) is 96.6 Å². The van der Waals surface area contributed by atoms with Gasteiger partial charge in [0.15, 0.2) is 6.20 Å². The van der Waals surface area contributed by atoms with Crippen molar-refractivity contribution in [1.82, 2.24) is 4.98 Å². The van der Waals surface area contributed by atoms with Crippen molar-refractivity contribution in [2.24, 2.45) is 5.92 Å². The Balaban J connectivity index is 1.94. The largest absolute Gasteiger partial charge is 0.481 e. The number of piperidine rings is 1. The molecule has 1 saturated heterocycles. The molecule has 0 aliphatic carbocycles. The summed E-state index contributed by atoms with van der Waals surface area (Å²) in [5, 5.41) is 19.3. The minimum absolute atomic E-state index is 0.162. The summed E-state index contributed by atoms with van der Waals surface area (Å²) in [7, 11) is 0. The summed E-state index contributed by atoms with van der Waals surface area (Å²) >= 11 is 0. The van der Waals surface area contributed by atoms with Crippen LogP contribution in [-0.2, 0) is 4.79 Å². The average Bonchev–Trinajstić information content (AvgIpc) is 2.39. The highest BCUT2D eigenvalue weighted by Gasteiger charge is 2.22. The molecule has 0 aromatic carbocycles. The van der Waals surface area contributed by atoms with E-state index in [1.165, 1.54) is 12.3 Å². The van der Waals surface area contributed by atoms with E-state index in [4.69, 9.17) is 5.11 Å². The fraction of sp³-hybridized carbons (Fsp3) is 0.500. The summed E-state index contributed by atoms with van der Waals surface area (Å²) in [6.45, 7) is 1.52. The van der Waals surface area contributed by atoms with Crippen LogP contribution in [0.25, 0.3) is 0 Å². The number of hydrogen-bond acceptors (Lipinski definition) is 5. The van der Waals surface area contributed by atoms with E-state index in [2.05, 4.69) is 9.88 Å². The first-order valence-corrected chi connectivity index (χ1v) is 6.13. The molecule has 1 aliphatic rings. The van der Waals surface area contributed by atoms with E-state index >= 15 is 0 Å². The third-order valence-electron chi connectivity index (χ3n) is 3.36. The van der Waals surface area contributed by atoms with E-state index in [0.717, 1.165) is 31.6 Å². The van der Waals surface area contributed by atoms with E-state index in [1.54, 1.807) is 6.07 Å². The molecule has 7 nitrogen and oxygen atoms in total. The zero-order valence-electron chi connectivity index (χ0n) is 10.4. The number of nitrogens with zero attached hydrogens (tertiary/aromatic N) is 3. The first-order valence-electron chi connectivity index (χ1n) is 6.13. The van der Waals surface area contributed by atoms with Gasteiger partial charge in [0.2, 0.25) is 0 Å². The molecule has 0 saturated carbocycles. The molecule has 1 fully saturated rings. The summed E-state index contributed by atoms with van der Waals surface area (Å²) in [4.78, 5) is 26.5. The number of nitro groups is 1. The molecule has 0 spiro atoms. The molecule has 1 aromatic heterocycles. The van der Waals surface area contributed by atoms with E-state index in [-0.39, 0.29) is 18.2 Å². The van der Waals surface area contributed by atoms with E-state index in [9.17, 15) is 14.9 Å². The van der Waals surface area contributed by atoms with Gasteiger partial charge >= 0.3 is 11.8 Å². The van der Waals surface area contributed by atoms with Gasteiger partial charge in [0, 0.05) is 25.6 Å². The quantitative estimate of drug-likeness (QED) is 0.657. The Labute approximate surface area is 110 Å². The number of anilines is 1. The standard InChI is InChI=1S/C12H15N3O4/c16-12(17)7-9-3-5-14(6-4-9)10-1-2-11(13-8-10)15(18)19/h1-2,8-9H,3-7H2,(H,16,17). The number of hydrogen-bond donors (Lipinski definition) is 1. The molecular weight excluding hydrogens is 250 g/mol. The van der Waals surface area contributed by atoms with Crippen molar-refractivity contribution in [3.05, 3.63) is 28.4 Å². The van der Waals surface area contributed by atoms with Gasteiger partial charge in [-0.05, 0) is 34.7 Å². The maximum absolute atomic E-state index is 10.6. The van der Waals surface area contributed by atoms with Crippen LogP contribution in [0, 0.1) is 16.0 Å². The van der Waals surface area contributed by atoms with Crippen LogP contribution >= 0.6 is 0 Å². The minimum Gasteiger partial charge on any atom is -0.481 e. The Bertz CT molecular complexity index is 466. The first kappa shape index (κ1) is 13.3. The molecule has 2 heterocycles. The second-order valence-corrected chi connectivity index (χ2v) is 4.66. The zero-order chi connectivity index (χ0) is 13.8. The molecule has 7 heteroatoms. The molecule has 0 amide bonds. The minimum atomic E-state index is -0.754. The van der Waals surface area contributed by atoms with Crippen LogP contribution in [0.1, 0.15) is 19.3 Å². The molecule has 0 radical (unpaired) electrons. The lowest BCUT2D eigenvalue weighted by Gasteiger charge is -2.32. The van der Waals surface area contributed by atoms with E-state index < -0.39 is 10.9 Å². The number of aliphatic carboxylic acids is 1. The van der Waals surface area contributed by atoms with Crippen molar-refractivity contribution in [3.8, 4) is 0 Å². The van der Waals surface area contributed by atoms with Gasteiger partial charge in [0.25, 0.3) is 0 Å². The second kappa shape index (κ2) is 5.64. The van der Waals surface area contributed by atoms with Crippen LogP contribution < -0.4 is 4.90 Å². The van der Waals surface area contributed by atoms with Crippen molar-refractivity contribution in [3.63, 3.8) is 0 Å². The molecule has 1 aromatic rings. The summed E-state index contributed by atoms with van der Waals surface area (Å²) in [6.07, 6.45) is 3.36. The highest BCUT2D eigenvalue weighted by Crippen LogP contribution is 2.25. The van der Waals surface area contributed by atoms with E-state index in [0.29, 0.717) is 0 Å². The van der Waals surface area contributed by atoms with Gasteiger partial charge < -0.3 is 20.1 Å². The van der Waals surface area contributed by atoms with Crippen LogP contribution in [0.15, 0.2) is 18.3 Å². The number of carboxylic acid groups (broad SMARTS) is 1. The third-order valence-corrected chi connectivity index (χ3v) is 3.36. The highest BCUT2D eigenvalue weighted by atomic mass is 16.6. The van der Waals surface area contributed by atoms with Gasteiger partial charge in [-0.25, -0.2) is 0 Å². The van der Waals surface area contributed by atoms with Crippen LogP contribution in [0.3, 0.4) is 0 Å². The summed E-state index contributed by atoms with van der Waals surface area (Å²) in [5.74, 6) is -0.695. The molecule has 19 heavy (non-hydrogen) atoms. The molecule has 0 unspecified atom stereocenters. The van der Waals surface area contributed by atoms with Gasteiger partial charge in [-0.1, -0.05) is 0 Å². The first-order chi connectivity index (χ1) is 9.06. The molecule has 2 rings (SSSR count). The Kier molecular flexibility index (Phi) is 3.94. The van der Waals surface area contributed by atoms with Crippen molar-refractivity contribution >= 4 is 17.5 Å². The summed E-state index contributed by atoms with van der Waals surface area (Å²) in [6, 6.07) is 3.07. The lowest BCUT2D eigenvalue weighted by molar-refractivity contribution is -0.389. The Morgan fingerprint density at radius 3 is 2.63 bits per heavy atom. The maximum Gasteiger partial charge on any atom is 0.363 e. The van der Waals surface area contributed by atoms with Crippen molar-refractivity contribution in [1.29, 1.82) is 0 Å². The lowest BCUT2D eigenvalue weighted by atomic mass is 9.93. The zero-order valence-corrected chi connectivity index (χ0v) is 10.4. The fourth-order valence-corrected chi connectivity index (χ4v) is 2.32. The van der Waals surface area contributed by atoms with Gasteiger partial charge in [-0.15, -0.1) is 0 Å². The molecule has 1 N–H and O–H groups in total. The molecule has 1 aliphatic heterocycles. The Morgan fingerprint density at radius 1 is 1.47 bits per heavy atom. The van der Waals surface area contributed by atoms with E-state index in [1.807, 2.05) is 0 Å². The van der Waals surface area contributed by atoms with Crippen LogP contribution in [0.5, 0.6) is 0 Å². The molecule has 102 valence electrons. The van der Waals surface area contributed by atoms with Gasteiger partial charge in [0.1, 0.15) is 0 Å². The SMILES string of the molecule is O=C(O)CC1CCN(c2ccc([N+](=O)[O-])nc2)CC1. The van der Waals surface area contributed by atoms with Gasteiger partial charge in [-0.3, -0.25) is 4.79 Å². The number of carbonyl (C=O) groups is 1. The number of aromatic nitrogens is 1. The average molecular weight is 265 g/mol. The smallest absolute Gasteiger partial charge is 0.363 e. The molecule has 0 atom stereocenters. The summed E-state index contributed by atoms with van der Waals surface area (Å²) < 4.78 is 0. The van der Waals surface area contributed by atoms with Crippen LogP contribution in [-0.4, -0.2) is 34.1 Å². The van der Waals surface area contributed by atoms with Crippen molar-refractivity contribution in [2.45, 2.75) is 19.3 Å². The normalized spacial score (nSPS) is 16.3. The van der Waals surface area contributed by atoms with Crippen molar-refractivity contribution in [2.75, 3.05) is 18.0 Å². The third kappa shape index (κ3) is 3.40. The van der Waals surface area contributed by atoms with Crippen LogP contribution in [0.4, 0.5) is 11.5 Å². The Hall–Kier alpha value is -2.18. The number of rotatable bonds is 4. The predicted octanol–water partition coefficient (Wildman–Crippen LogP) is 1.68. The Morgan fingerprint density at radius 2 is 2.16 bits per heavy atom. The number of pyridine rings is 1. The fourth-order valence-electron chi connectivity index (χ4n) is 2.32. The summed E-state index contributed by atoms with van der Waals surface area (Å²) in [5.41, 5.74) is 0.847. The lowest BCUT2D eigenvalue weighted by Crippen LogP contribution is -2.34. The monoisotopic (exact) mass is 265 g/mol. The predicted molar refractivity (Wildman–Crippen MR) is 68.1 cm³/mol. The number of carboxylic acids is 1. The van der Waals surface area contributed by atoms with Crippen LogP contribution in [0.2, 0.25) is 0 Å². The maximum atomic E-state index is 10.6.